The van der Waals surface area contributed by atoms with Gasteiger partial charge in [0, 0.05) is 25.2 Å². The van der Waals surface area contributed by atoms with Crippen LogP contribution in [0.2, 0.25) is 0 Å². The van der Waals surface area contributed by atoms with Gasteiger partial charge in [0.1, 0.15) is 11.6 Å². The molecule has 0 spiro atoms. The number of aryl methyl sites for hydroxylation is 1. The number of amides is 1. The van der Waals surface area contributed by atoms with Crippen LogP contribution in [-0.4, -0.2) is 40.9 Å². The molecule has 176 valence electrons. The van der Waals surface area contributed by atoms with Gasteiger partial charge in [-0.05, 0) is 44.0 Å². The van der Waals surface area contributed by atoms with E-state index in [2.05, 4.69) is 15.3 Å². The molecule has 1 saturated heterocycles. The predicted octanol–water partition coefficient (Wildman–Crippen LogP) is 4.47. The number of rotatable bonds is 6. The second kappa shape index (κ2) is 9.42. The van der Waals surface area contributed by atoms with E-state index in [1.54, 1.807) is 29.2 Å². The molecule has 9 heteroatoms. The molecule has 1 aliphatic heterocycles. The third-order valence-corrected chi connectivity index (χ3v) is 7.35. The average molecular weight is 480 g/mol. The lowest BCUT2D eigenvalue weighted by Crippen LogP contribution is -2.43. The molecule has 2 aromatic carbocycles. The maximum absolute atomic E-state index is 13.8. The second-order valence-electron chi connectivity index (χ2n) is 8.44. The molecule has 5 rings (SSSR count). The molecular formula is C25H26FN5O2S. The zero-order chi connectivity index (χ0) is 23.7. The Hall–Kier alpha value is -3.46. The Morgan fingerprint density at radius 2 is 2.12 bits per heavy atom. The Balaban J connectivity index is 1.32. The molecule has 0 unspecified atom stereocenters. The Morgan fingerprint density at radius 3 is 2.94 bits per heavy atom. The Labute approximate surface area is 201 Å². The lowest BCUT2D eigenvalue weighted by molar-refractivity contribution is -0.125. The number of nitrogens with one attached hydrogen (secondary N) is 1. The van der Waals surface area contributed by atoms with Crippen LogP contribution in [-0.2, 0) is 11.3 Å². The maximum Gasteiger partial charge on any atom is 0.225 e. The predicted molar refractivity (Wildman–Crippen MR) is 131 cm³/mol. The summed E-state index contributed by atoms with van der Waals surface area (Å²) < 4.78 is 21.8. The van der Waals surface area contributed by atoms with Crippen LogP contribution in [0.15, 0.2) is 48.5 Å². The molecule has 4 aromatic rings. The minimum absolute atomic E-state index is 0.0406. The quantitative estimate of drug-likeness (QED) is 0.442. The van der Waals surface area contributed by atoms with Crippen molar-refractivity contribution in [3.8, 4) is 11.4 Å². The van der Waals surface area contributed by atoms with E-state index in [0.717, 1.165) is 46.2 Å². The number of halogens is 1. The number of anilines is 1. The van der Waals surface area contributed by atoms with Crippen LogP contribution in [0.25, 0.3) is 16.0 Å². The van der Waals surface area contributed by atoms with Gasteiger partial charge in [-0.15, -0.1) is 0 Å². The van der Waals surface area contributed by atoms with E-state index >= 15 is 0 Å². The molecule has 0 radical (unpaired) electrons. The number of thiazole rings is 1. The highest BCUT2D eigenvalue weighted by atomic mass is 32.1. The molecule has 2 aromatic heterocycles. The van der Waals surface area contributed by atoms with Gasteiger partial charge in [-0.1, -0.05) is 35.6 Å². The summed E-state index contributed by atoms with van der Waals surface area (Å²) in [6, 6.07) is 14.0. The number of hydrogen-bond donors (Lipinski definition) is 1. The van der Waals surface area contributed by atoms with Gasteiger partial charge in [-0.2, -0.15) is 10.1 Å². The summed E-state index contributed by atoms with van der Waals surface area (Å²) in [5.74, 6) is 0.382. The summed E-state index contributed by atoms with van der Waals surface area (Å²) in [6.45, 7) is 3.83. The van der Waals surface area contributed by atoms with Crippen LogP contribution >= 0.6 is 11.3 Å². The molecule has 0 saturated carbocycles. The van der Waals surface area contributed by atoms with Crippen molar-refractivity contribution >= 4 is 32.7 Å². The Bertz CT molecular complexity index is 1330. The highest BCUT2D eigenvalue weighted by Crippen LogP contribution is 2.34. The van der Waals surface area contributed by atoms with Gasteiger partial charge in [0.15, 0.2) is 10.8 Å². The van der Waals surface area contributed by atoms with E-state index in [-0.39, 0.29) is 17.6 Å². The molecule has 0 aliphatic carbocycles. The van der Waals surface area contributed by atoms with E-state index in [1.165, 1.54) is 12.1 Å². The van der Waals surface area contributed by atoms with Crippen LogP contribution in [0.1, 0.15) is 24.1 Å². The van der Waals surface area contributed by atoms with Gasteiger partial charge in [0.2, 0.25) is 5.91 Å². The van der Waals surface area contributed by atoms with Gasteiger partial charge in [0.25, 0.3) is 0 Å². The number of fused-ring (bicyclic) bond motifs is 1. The third-order valence-electron chi connectivity index (χ3n) is 6.14. The summed E-state index contributed by atoms with van der Waals surface area (Å²) in [5.41, 5.74) is 3.16. The van der Waals surface area contributed by atoms with Crippen molar-refractivity contribution in [2.75, 3.05) is 25.1 Å². The summed E-state index contributed by atoms with van der Waals surface area (Å²) in [5, 5.41) is 8.50. The lowest BCUT2D eigenvalue weighted by Gasteiger charge is -2.31. The number of ether oxygens (including phenoxy) is 1. The smallest absolute Gasteiger partial charge is 0.225 e. The van der Waals surface area contributed by atoms with Crippen LogP contribution < -0.4 is 15.0 Å². The van der Waals surface area contributed by atoms with Crippen molar-refractivity contribution in [1.29, 1.82) is 0 Å². The number of hydrogen-bond acceptors (Lipinski definition) is 6. The fraction of sp³-hybridized carbons (Fsp3) is 0.320. The lowest BCUT2D eigenvalue weighted by atomic mass is 9.97. The molecule has 1 aliphatic rings. The number of para-hydroxylation sites is 1. The molecule has 0 bridgehead atoms. The van der Waals surface area contributed by atoms with Gasteiger partial charge >= 0.3 is 0 Å². The SMILES string of the molecule is COc1ccccc1CNC(=O)[C@H]1CCCN(c2nc3c(s2)c(C)nn3-c2cccc(F)c2)C1. The van der Waals surface area contributed by atoms with Crippen LogP contribution in [0, 0.1) is 18.7 Å². The van der Waals surface area contributed by atoms with E-state index in [9.17, 15) is 9.18 Å². The van der Waals surface area contributed by atoms with Gasteiger partial charge in [-0.3, -0.25) is 4.79 Å². The monoisotopic (exact) mass is 479 g/mol. The van der Waals surface area contributed by atoms with Gasteiger partial charge < -0.3 is 15.0 Å². The van der Waals surface area contributed by atoms with Crippen molar-refractivity contribution in [2.45, 2.75) is 26.3 Å². The first kappa shape index (κ1) is 22.3. The molecule has 1 atom stereocenters. The topological polar surface area (TPSA) is 72.3 Å². The van der Waals surface area contributed by atoms with E-state index in [0.29, 0.717) is 24.4 Å². The standard InChI is InChI=1S/C25H26FN5O2S/c1-16-22-23(31(29-16)20-10-5-9-19(26)13-20)28-25(34-22)30-12-6-8-18(15-30)24(32)27-14-17-7-3-4-11-21(17)33-2/h3-5,7,9-11,13,18H,6,8,12,14-15H2,1-2H3,(H,27,32)/t18-/m0/s1. The summed E-state index contributed by atoms with van der Waals surface area (Å²) in [6.07, 6.45) is 1.76. The van der Waals surface area contributed by atoms with Crippen LogP contribution in [0.4, 0.5) is 9.52 Å². The molecule has 7 nitrogen and oxygen atoms in total. The first-order valence-electron chi connectivity index (χ1n) is 11.3. The second-order valence-corrected chi connectivity index (χ2v) is 9.42. The number of nitrogens with zero attached hydrogens (tertiary/aromatic N) is 4. The largest absolute Gasteiger partial charge is 0.496 e. The van der Waals surface area contributed by atoms with E-state index < -0.39 is 0 Å². The van der Waals surface area contributed by atoms with Crippen LogP contribution in [0.3, 0.4) is 0 Å². The first-order valence-corrected chi connectivity index (χ1v) is 12.1. The Kier molecular flexibility index (Phi) is 6.19. The Morgan fingerprint density at radius 1 is 1.26 bits per heavy atom. The van der Waals surface area contributed by atoms with Crippen molar-refractivity contribution < 1.29 is 13.9 Å². The number of methoxy groups -OCH3 is 1. The maximum atomic E-state index is 13.8. The zero-order valence-corrected chi connectivity index (χ0v) is 19.9. The third kappa shape index (κ3) is 4.35. The highest BCUT2D eigenvalue weighted by Gasteiger charge is 2.28. The zero-order valence-electron chi connectivity index (χ0n) is 19.1. The summed E-state index contributed by atoms with van der Waals surface area (Å²) >= 11 is 1.57. The van der Waals surface area contributed by atoms with Crippen molar-refractivity contribution in [2.24, 2.45) is 5.92 Å². The fourth-order valence-corrected chi connectivity index (χ4v) is 5.41. The van der Waals surface area contributed by atoms with Crippen molar-refractivity contribution in [3.63, 3.8) is 0 Å². The summed E-state index contributed by atoms with van der Waals surface area (Å²) in [7, 11) is 1.63. The molecular weight excluding hydrogens is 453 g/mol. The molecule has 3 heterocycles. The molecule has 1 fully saturated rings. The molecule has 34 heavy (non-hydrogen) atoms. The van der Waals surface area contributed by atoms with Gasteiger partial charge in [0.05, 0.1) is 29.1 Å². The minimum Gasteiger partial charge on any atom is -0.496 e. The fourth-order valence-electron chi connectivity index (χ4n) is 4.39. The average Bonchev–Trinajstić information content (AvgIpc) is 3.43. The van der Waals surface area contributed by atoms with Gasteiger partial charge in [-0.25, -0.2) is 9.07 Å². The number of aromatic nitrogens is 3. The first-order chi connectivity index (χ1) is 16.5. The number of piperidine rings is 1. The molecule has 1 amide bonds. The number of carbonyl (C=O) groups is 1. The van der Waals surface area contributed by atoms with E-state index in [1.807, 2.05) is 37.3 Å². The summed E-state index contributed by atoms with van der Waals surface area (Å²) in [4.78, 5) is 20.0. The van der Waals surface area contributed by atoms with E-state index in [4.69, 9.17) is 9.72 Å². The van der Waals surface area contributed by atoms with Crippen LogP contribution in [0.5, 0.6) is 5.75 Å². The van der Waals surface area contributed by atoms with Crippen molar-refractivity contribution in [1.82, 2.24) is 20.1 Å². The highest BCUT2D eigenvalue weighted by molar-refractivity contribution is 7.22. The normalized spacial score (nSPS) is 16.1. The number of benzene rings is 2. The minimum atomic E-state index is -0.313. The number of carbonyl (C=O) groups excluding carboxylic acids is 1. The molecule has 1 N–H and O–H groups in total. The van der Waals surface area contributed by atoms with Crippen molar-refractivity contribution in [3.05, 3.63) is 65.6 Å².